The van der Waals surface area contributed by atoms with Crippen LogP contribution < -0.4 is 5.90 Å². The quantitative estimate of drug-likeness (QED) is 0.208. The molecule has 31 heavy (non-hydrogen) atoms. The minimum atomic E-state index is -3.98. The van der Waals surface area contributed by atoms with Crippen molar-refractivity contribution in [1.82, 2.24) is 4.98 Å². The molecule has 6 atom stereocenters. The van der Waals surface area contributed by atoms with Gasteiger partial charge in [0.1, 0.15) is 18.3 Å². The van der Waals surface area contributed by atoms with Crippen molar-refractivity contribution in [2.24, 2.45) is 5.90 Å². The first-order chi connectivity index (χ1) is 14.8. The monoisotopic (exact) mass is 460 g/mol. The molecule has 4 N–H and O–H groups in total. The van der Waals surface area contributed by atoms with E-state index in [0.29, 0.717) is 18.6 Å². The number of aromatic nitrogens is 1. The van der Waals surface area contributed by atoms with Gasteiger partial charge in [0.05, 0.1) is 19.3 Å². The van der Waals surface area contributed by atoms with Crippen LogP contribution in [0.4, 0.5) is 0 Å². The van der Waals surface area contributed by atoms with Gasteiger partial charge < -0.3 is 24.5 Å². The van der Waals surface area contributed by atoms with E-state index in [9.17, 15) is 24.4 Å². The van der Waals surface area contributed by atoms with Gasteiger partial charge in [-0.05, 0) is 17.7 Å². The normalized spacial score (nSPS) is 33.3. The number of hydrogen-bond acceptors (Lipinski definition) is 13. The zero-order valence-electron chi connectivity index (χ0n) is 16.0. The number of rotatable bonds is 7. The Kier molecular flexibility index (Phi) is 7.86. The van der Waals surface area contributed by atoms with Crippen LogP contribution in [0.3, 0.4) is 0 Å². The molecule has 3 rings (SSSR count). The van der Waals surface area contributed by atoms with Crippen molar-refractivity contribution in [2.75, 3.05) is 13.2 Å². The Hall–Kier alpha value is -2.22. The van der Waals surface area contributed by atoms with Crippen molar-refractivity contribution in [2.45, 2.75) is 37.1 Å². The molecule has 0 aliphatic carbocycles. The third-order valence-electron chi connectivity index (χ3n) is 4.38. The number of aliphatic hydroxyl groups excluding tert-OH is 2. The fourth-order valence-corrected chi connectivity index (χ4v) is 4.22. The number of nitrogens with zero attached hydrogens (tertiary/aromatic N) is 1. The molecule has 0 aromatic carbocycles. The maximum Gasteiger partial charge on any atom is 0.475 e. The number of hydrogen-bond donors (Lipinski definition) is 3. The zero-order valence-corrected chi connectivity index (χ0v) is 16.9. The summed E-state index contributed by atoms with van der Waals surface area (Å²) in [6.45, 7) is -0.374. The molecule has 2 fully saturated rings. The minimum Gasteiger partial charge on any atom is -0.430 e. The molecule has 170 valence electrons. The van der Waals surface area contributed by atoms with Crippen molar-refractivity contribution in [3.05, 3.63) is 42.2 Å². The summed E-state index contributed by atoms with van der Waals surface area (Å²) in [6, 6.07) is 3.42. The second-order valence-electron chi connectivity index (χ2n) is 6.47. The molecule has 0 unspecified atom stereocenters. The number of nitrogens with two attached hydrogens (primary N) is 1. The Morgan fingerprint density at radius 1 is 1.23 bits per heavy atom. The van der Waals surface area contributed by atoms with Gasteiger partial charge in [-0.2, -0.15) is 5.90 Å². The van der Waals surface area contributed by atoms with E-state index >= 15 is 0 Å². The van der Waals surface area contributed by atoms with E-state index in [1.54, 1.807) is 24.5 Å². The summed E-state index contributed by atoms with van der Waals surface area (Å²) >= 11 is 0. The van der Waals surface area contributed by atoms with Crippen molar-refractivity contribution in [3.8, 4) is 0 Å². The van der Waals surface area contributed by atoms with Gasteiger partial charge in [0, 0.05) is 31.0 Å². The summed E-state index contributed by atoms with van der Waals surface area (Å²) in [6.07, 6.45) is -1.47. The lowest BCUT2D eigenvalue weighted by Crippen LogP contribution is -2.35. The largest absolute Gasteiger partial charge is 0.475 e. The molecule has 0 saturated carbocycles. The molecule has 0 spiro atoms. The predicted octanol–water partition coefficient (Wildman–Crippen LogP) is -0.353. The van der Waals surface area contributed by atoms with Crippen LogP contribution in [0.2, 0.25) is 0 Å². The number of aliphatic hydroxyl groups is 2. The van der Waals surface area contributed by atoms with Crippen LogP contribution in [0.1, 0.15) is 18.1 Å². The Labute approximate surface area is 176 Å². The van der Waals surface area contributed by atoms with E-state index in [4.69, 9.17) is 23.0 Å². The highest BCUT2D eigenvalue weighted by Crippen LogP contribution is 2.57. The third kappa shape index (κ3) is 6.15. The first-order valence-corrected chi connectivity index (χ1v) is 10.6. The Morgan fingerprint density at radius 2 is 1.94 bits per heavy atom. The SMILES string of the molecule is NOC(=O)/C=C\C(=O)O[C@@H]1O[C@H](CO[P@@]2(=O)OCC[C@@H](c3ccncc3)O2)[C@@H](O)[C@@H]1O. The van der Waals surface area contributed by atoms with Gasteiger partial charge in [-0.3, -0.25) is 18.6 Å². The molecule has 2 saturated heterocycles. The maximum atomic E-state index is 12.8. The van der Waals surface area contributed by atoms with Crippen molar-refractivity contribution in [3.63, 3.8) is 0 Å². The molecule has 0 radical (unpaired) electrons. The third-order valence-corrected chi connectivity index (χ3v) is 5.86. The van der Waals surface area contributed by atoms with Gasteiger partial charge in [-0.1, -0.05) is 0 Å². The van der Waals surface area contributed by atoms with Crippen molar-refractivity contribution in [1.29, 1.82) is 0 Å². The lowest BCUT2D eigenvalue weighted by Gasteiger charge is -2.29. The summed E-state index contributed by atoms with van der Waals surface area (Å²) in [7, 11) is -3.98. The van der Waals surface area contributed by atoms with Gasteiger partial charge in [0.15, 0.2) is 0 Å². The van der Waals surface area contributed by atoms with Crippen LogP contribution in [0.25, 0.3) is 0 Å². The van der Waals surface area contributed by atoms with Crippen LogP contribution >= 0.6 is 7.82 Å². The van der Waals surface area contributed by atoms with Crippen LogP contribution in [-0.2, 0) is 42.0 Å². The summed E-state index contributed by atoms with van der Waals surface area (Å²) in [5.74, 6) is 2.56. The number of pyridine rings is 1. The minimum absolute atomic E-state index is 0.110. The van der Waals surface area contributed by atoms with Gasteiger partial charge in [-0.15, -0.1) is 0 Å². The fraction of sp³-hybridized carbons (Fsp3) is 0.471. The highest BCUT2D eigenvalue weighted by atomic mass is 31.2. The lowest BCUT2D eigenvalue weighted by atomic mass is 10.1. The number of phosphoric acid groups is 1. The van der Waals surface area contributed by atoms with E-state index in [1.165, 1.54) is 0 Å². The van der Waals surface area contributed by atoms with Crippen LogP contribution in [0, 0.1) is 0 Å². The van der Waals surface area contributed by atoms with Gasteiger partial charge >= 0.3 is 19.8 Å². The highest BCUT2D eigenvalue weighted by Gasteiger charge is 2.46. The molecule has 3 heterocycles. The summed E-state index contributed by atoms with van der Waals surface area (Å²) in [5.41, 5.74) is 0.744. The highest BCUT2D eigenvalue weighted by molar-refractivity contribution is 7.48. The van der Waals surface area contributed by atoms with Gasteiger partial charge in [-0.25, -0.2) is 14.2 Å². The number of ether oxygens (including phenoxy) is 2. The molecule has 0 amide bonds. The van der Waals surface area contributed by atoms with Crippen molar-refractivity contribution >= 4 is 19.8 Å². The topological polar surface area (TPSA) is 186 Å². The smallest absolute Gasteiger partial charge is 0.430 e. The Bertz CT molecular complexity index is 852. The van der Waals surface area contributed by atoms with Crippen LogP contribution in [-0.4, -0.2) is 65.0 Å². The number of carbonyl (C=O) groups is 2. The van der Waals surface area contributed by atoms with E-state index in [2.05, 4.69) is 15.7 Å². The van der Waals surface area contributed by atoms with E-state index in [0.717, 1.165) is 5.56 Å². The molecule has 1 aromatic heterocycles. The average Bonchev–Trinajstić information content (AvgIpc) is 3.04. The second kappa shape index (κ2) is 10.4. The molecule has 1 aromatic rings. The Balaban J connectivity index is 1.54. The fourth-order valence-electron chi connectivity index (χ4n) is 2.83. The summed E-state index contributed by atoms with van der Waals surface area (Å²) in [5, 5.41) is 20.1. The Morgan fingerprint density at radius 3 is 2.65 bits per heavy atom. The summed E-state index contributed by atoms with van der Waals surface area (Å²) in [4.78, 5) is 30.3. The second-order valence-corrected chi connectivity index (χ2v) is 8.09. The first-order valence-electron chi connectivity index (χ1n) is 9.10. The van der Waals surface area contributed by atoms with Crippen LogP contribution in [0.5, 0.6) is 0 Å². The standard InChI is InChI=1S/C17H21N2O11P/c18-29-14(21)2-1-13(20)28-17-16(23)15(22)12(27-17)9-26-31(24)25-8-5-11(30-31)10-3-6-19-7-4-10/h1-4,6-7,11-12,15-17,22-23H,5,8-9,18H2/b2-1-/t11-,12+,15+,16-,17-,31+/m0/s1. The molecule has 13 nitrogen and oxygen atoms in total. The molecular weight excluding hydrogens is 439 g/mol. The lowest BCUT2D eigenvalue weighted by molar-refractivity contribution is -0.184. The van der Waals surface area contributed by atoms with Gasteiger partial charge in [0.2, 0.25) is 6.29 Å². The molecular formula is C17H21N2O11P. The number of phosphoric ester groups is 1. The first kappa shape index (κ1) is 23.4. The molecule has 2 aliphatic rings. The van der Waals surface area contributed by atoms with Crippen LogP contribution in [0.15, 0.2) is 36.7 Å². The predicted molar refractivity (Wildman–Crippen MR) is 98.4 cm³/mol. The summed E-state index contributed by atoms with van der Waals surface area (Å²) < 4.78 is 38.7. The zero-order chi connectivity index (χ0) is 22.4. The van der Waals surface area contributed by atoms with E-state index in [-0.39, 0.29) is 6.61 Å². The number of carbonyl (C=O) groups excluding carboxylic acids is 2. The van der Waals surface area contributed by atoms with E-state index < -0.39 is 57.1 Å². The van der Waals surface area contributed by atoms with E-state index in [1.807, 2.05) is 0 Å². The van der Waals surface area contributed by atoms with Crippen molar-refractivity contribution < 1.29 is 52.2 Å². The average molecular weight is 460 g/mol. The molecule has 2 aliphatic heterocycles. The maximum absolute atomic E-state index is 12.8. The van der Waals surface area contributed by atoms with Gasteiger partial charge in [0.25, 0.3) is 0 Å². The molecule has 0 bridgehead atoms. The number of esters is 1. The molecule has 14 heteroatoms.